The van der Waals surface area contributed by atoms with Gasteiger partial charge >= 0.3 is 0 Å². The number of imidazole rings is 1. The lowest BCUT2D eigenvalue weighted by atomic mass is 10.0. The molecule has 1 aliphatic carbocycles. The van der Waals surface area contributed by atoms with Crippen molar-refractivity contribution in [2.24, 2.45) is 0 Å². The van der Waals surface area contributed by atoms with E-state index in [4.69, 9.17) is 5.73 Å². The van der Waals surface area contributed by atoms with Gasteiger partial charge in [-0.2, -0.15) is 5.21 Å². The Morgan fingerprint density at radius 2 is 1.87 bits per heavy atom. The molecule has 6 aromatic rings. The fourth-order valence-corrected chi connectivity index (χ4v) is 5.52. The number of amides is 2. The normalized spacial score (nSPS) is 14.0. The van der Waals surface area contributed by atoms with Crippen molar-refractivity contribution in [1.82, 2.24) is 45.6 Å². The average Bonchev–Trinajstić information content (AvgIpc) is 3.85. The zero-order chi connectivity index (χ0) is 31.1. The summed E-state index contributed by atoms with van der Waals surface area (Å²) in [7, 11) is 0. The molecule has 7 rings (SSSR count). The maximum absolute atomic E-state index is 13.4. The number of carbonyl (C=O) groups excluding carboxylic acids is 2. The van der Waals surface area contributed by atoms with Crippen molar-refractivity contribution >= 4 is 28.8 Å². The Labute approximate surface area is 253 Å². The van der Waals surface area contributed by atoms with Gasteiger partial charge in [0.15, 0.2) is 5.65 Å². The topological polar surface area (TPSA) is 215 Å². The lowest BCUT2D eigenvalue weighted by Gasteiger charge is -2.15. The van der Waals surface area contributed by atoms with Gasteiger partial charge in [0.2, 0.25) is 5.82 Å². The number of H-pyrrole nitrogens is 1. The molecular formula is C30H25N11O4. The van der Waals surface area contributed by atoms with Gasteiger partial charge in [-0.05, 0) is 52.4 Å². The van der Waals surface area contributed by atoms with Crippen LogP contribution in [0.3, 0.4) is 0 Å². The van der Waals surface area contributed by atoms with Gasteiger partial charge in [-0.25, -0.2) is 9.97 Å². The van der Waals surface area contributed by atoms with Crippen LogP contribution in [-0.2, 0) is 19.5 Å². The molecule has 0 unspecified atom stereocenters. The van der Waals surface area contributed by atoms with E-state index in [0.717, 1.165) is 34.2 Å². The fraction of sp³-hybridized carbons (Fsp3) is 0.167. The van der Waals surface area contributed by atoms with Crippen molar-refractivity contribution in [1.29, 1.82) is 0 Å². The summed E-state index contributed by atoms with van der Waals surface area (Å²) in [6.07, 6.45) is 4.44. The molecule has 224 valence electrons. The van der Waals surface area contributed by atoms with Crippen molar-refractivity contribution in [3.05, 3.63) is 115 Å². The van der Waals surface area contributed by atoms with Crippen LogP contribution in [0.2, 0.25) is 0 Å². The number of aryl methyl sites for hydroxylation is 1. The van der Waals surface area contributed by atoms with Gasteiger partial charge in [-0.3, -0.25) is 23.6 Å². The van der Waals surface area contributed by atoms with Gasteiger partial charge in [0.05, 0.1) is 12.2 Å². The lowest BCUT2D eigenvalue weighted by molar-refractivity contribution is 0.0931. The smallest absolute Gasteiger partial charge is 0.270 e. The first-order chi connectivity index (χ1) is 21.9. The van der Waals surface area contributed by atoms with E-state index in [0.29, 0.717) is 17.9 Å². The molecule has 0 fully saturated rings. The first-order valence-corrected chi connectivity index (χ1v) is 14.0. The molecule has 45 heavy (non-hydrogen) atoms. The molecule has 3 aromatic heterocycles. The van der Waals surface area contributed by atoms with Crippen molar-refractivity contribution in [2.75, 3.05) is 11.1 Å². The second kappa shape index (κ2) is 11.1. The zero-order valence-corrected chi connectivity index (χ0v) is 23.6. The Kier molecular flexibility index (Phi) is 6.81. The standard InChI is InChI=1S/C30H25N11O4/c31-24-25(27(43)26(24)42)33-11-15-2-1-3-16(8-15)12-34-30(45)22-10-21(35-23-13-32-14-41(22)23)29(44)36-20-7-5-17-9-18(4-6-19(17)20)28-37-39-40-38-28/h1-4,6,8-10,13-14,20,33H,5,7,11-12,31H2,(H,34,45)(H,36,44)(H,37,38,39,40)/t20-/m0/s1. The Hall–Kier alpha value is -6.25. The van der Waals surface area contributed by atoms with Crippen molar-refractivity contribution in [3.8, 4) is 11.4 Å². The van der Waals surface area contributed by atoms with Gasteiger partial charge in [-0.15, -0.1) is 10.2 Å². The van der Waals surface area contributed by atoms with Crippen LogP contribution in [0.5, 0.6) is 0 Å². The molecule has 1 atom stereocenters. The van der Waals surface area contributed by atoms with E-state index in [-0.39, 0.29) is 41.9 Å². The second-order valence-corrected chi connectivity index (χ2v) is 10.7. The molecule has 0 bridgehead atoms. The van der Waals surface area contributed by atoms with Gasteiger partial charge in [0.25, 0.3) is 22.7 Å². The minimum Gasteiger partial charge on any atom is -0.394 e. The Morgan fingerprint density at radius 1 is 1.02 bits per heavy atom. The number of benzene rings is 2. The number of aromatic nitrogens is 7. The summed E-state index contributed by atoms with van der Waals surface area (Å²) in [6.45, 7) is 0.473. The third-order valence-corrected chi connectivity index (χ3v) is 7.84. The molecule has 0 saturated heterocycles. The second-order valence-electron chi connectivity index (χ2n) is 10.7. The summed E-state index contributed by atoms with van der Waals surface area (Å²) >= 11 is 0. The predicted molar refractivity (Wildman–Crippen MR) is 162 cm³/mol. The van der Waals surface area contributed by atoms with Gasteiger partial charge in [-0.1, -0.05) is 36.4 Å². The highest BCUT2D eigenvalue weighted by Crippen LogP contribution is 2.33. The number of hydrogen-bond donors (Lipinski definition) is 5. The Morgan fingerprint density at radius 3 is 2.67 bits per heavy atom. The van der Waals surface area contributed by atoms with Crippen molar-refractivity contribution in [2.45, 2.75) is 32.0 Å². The molecular weight excluding hydrogens is 578 g/mol. The van der Waals surface area contributed by atoms with Crippen LogP contribution in [0.4, 0.5) is 11.4 Å². The van der Waals surface area contributed by atoms with E-state index in [1.54, 1.807) is 0 Å². The first-order valence-electron chi connectivity index (χ1n) is 14.0. The molecule has 1 aliphatic rings. The highest BCUT2D eigenvalue weighted by molar-refractivity contribution is 5.98. The minimum absolute atomic E-state index is 0.0665. The van der Waals surface area contributed by atoms with Crippen molar-refractivity contribution < 1.29 is 9.59 Å². The Balaban J connectivity index is 1.04. The van der Waals surface area contributed by atoms with Crippen LogP contribution in [-0.4, -0.2) is 46.8 Å². The minimum atomic E-state index is -0.683. The molecule has 2 amide bonds. The number of nitrogens with two attached hydrogens (primary N) is 1. The molecule has 3 heterocycles. The van der Waals surface area contributed by atoms with Crippen LogP contribution in [0.1, 0.15) is 55.7 Å². The maximum Gasteiger partial charge on any atom is 0.270 e. The summed E-state index contributed by atoms with van der Waals surface area (Å²) in [5.74, 6) is -0.326. The Bertz CT molecular complexity index is 2160. The van der Waals surface area contributed by atoms with E-state index in [9.17, 15) is 19.2 Å². The third-order valence-electron chi connectivity index (χ3n) is 7.84. The average molecular weight is 604 g/mol. The van der Waals surface area contributed by atoms with E-state index >= 15 is 0 Å². The quantitative estimate of drug-likeness (QED) is 0.147. The van der Waals surface area contributed by atoms with Crippen LogP contribution >= 0.6 is 0 Å². The number of hydrogen-bond acceptors (Lipinski definition) is 11. The number of carbonyl (C=O) groups is 2. The number of fused-ring (bicyclic) bond motifs is 2. The summed E-state index contributed by atoms with van der Waals surface area (Å²) in [5.41, 5.74) is 9.54. The predicted octanol–water partition coefficient (Wildman–Crippen LogP) is 1.05. The molecule has 6 N–H and O–H groups in total. The monoisotopic (exact) mass is 603 g/mol. The van der Waals surface area contributed by atoms with Crippen LogP contribution in [0.15, 0.2) is 70.6 Å². The van der Waals surface area contributed by atoms with Crippen molar-refractivity contribution in [3.63, 3.8) is 0 Å². The first kappa shape index (κ1) is 27.6. The van der Waals surface area contributed by atoms with Crippen LogP contribution < -0.4 is 32.5 Å². The number of nitrogen functional groups attached to an aromatic ring is 1. The molecule has 0 radical (unpaired) electrons. The molecule has 0 saturated carbocycles. The molecule has 3 aromatic carbocycles. The number of nitrogens with one attached hydrogen (secondary N) is 4. The summed E-state index contributed by atoms with van der Waals surface area (Å²) in [6, 6.07) is 14.5. The number of aromatic amines is 1. The van der Waals surface area contributed by atoms with Crippen LogP contribution in [0.25, 0.3) is 17.0 Å². The van der Waals surface area contributed by atoms with E-state index in [1.807, 2.05) is 42.5 Å². The number of tetrazole rings is 1. The van der Waals surface area contributed by atoms with Gasteiger partial charge in [0.1, 0.15) is 29.1 Å². The lowest BCUT2D eigenvalue weighted by Crippen LogP contribution is -2.36. The number of anilines is 2. The number of rotatable bonds is 9. The maximum atomic E-state index is 13.4. The SMILES string of the molecule is Nc1c(NCc2cccc(CNC(=O)c3cc(C(=O)N[C@H]4CCc5cc(-c6nn[nH]n6)ccc54)nc4cncn34)c2)c(=O)c1=O. The highest BCUT2D eigenvalue weighted by atomic mass is 16.2. The fourth-order valence-electron chi connectivity index (χ4n) is 5.52. The largest absolute Gasteiger partial charge is 0.394 e. The summed E-state index contributed by atoms with van der Waals surface area (Å²) in [5, 5.41) is 23.0. The highest BCUT2D eigenvalue weighted by Gasteiger charge is 2.26. The summed E-state index contributed by atoms with van der Waals surface area (Å²) < 4.78 is 1.52. The van der Waals surface area contributed by atoms with Crippen LogP contribution in [0, 0.1) is 0 Å². The number of nitrogens with zero attached hydrogens (tertiary/aromatic N) is 6. The summed E-state index contributed by atoms with van der Waals surface area (Å²) in [4.78, 5) is 58.3. The third kappa shape index (κ3) is 5.15. The zero-order valence-electron chi connectivity index (χ0n) is 23.6. The molecule has 0 spiro atoms. The van der Waals surface area contributed by atoms with Gasteiger partial charge in [0, 0.05) is 18.7 Å². The van der Waals surface area contributed by atoms with E-state index < -0.39 is 22.7 Å². The van der Waals surface area contributed by atoms with E-state index in [1.165, 1.54) is 23.0 Å². The molecule has 15 heteroatoms. The molecule has 15 nitrogen and oxygen atoms in total. The van der Waals surface area contributed by atoms with Gasteiger partial charge < -0.3 is 21.7 Å². The van der Waals surface area contributed by atoms with E-state index in [2.05, 4.69) is 46.5 Å². The molecule has 0 aliphatic heterocycles.